The van der Waals surface area contributed by atoms with E-state index in [0.29, 0.717) is 25.7 Å². The zero-order valence-corrected chi connectivity index (χ0v) is 16.3. The van der Waals surface area contributed by atoms with E-state index in [1.165, 1.54) is 0 Å². The topological polar surface area (TPSA) is 48.0 Å². The Hall–Kier alpha value is -1.07. The van der Waals surface area contributed by atoms with Gasteiger partial charge in [-0.2, -0.15) is 0 Å². The summed E-state index contributed by atoms with van der Waals surface area (Å²) in [6, 6.07) is 0. The minimum atomic E-state index is -0.455. The van der Waals surface area contributed by atoms with Gasteiger partial charge in [0.05, 0.1) is 13.2 Å². The first-order chi connectivity index (χ1) is 11.2. The highest BCUT2D eigenvalue weighted by Crippen LogP contribution is 2.24. The maximum Gasteiger partial charge on any atom is 0.410 e. The molecule has 1 aliphatic rings. The van der Waals surface area contributed by atoms with E-state index in [4.69, 9.17) is 14.2 Å². The van der Waals surface area contributed by atoms with Crippen molar-refractivity contribution in [2.45, 2.75) is 71.7 Å². The predicted molar refractivity (Wildman–Crippen MR) is 95.9 cm³/mol. The van der Waals surface area contributed by atoms with Gasteiger partial charge in [0, 0.05) is 20.0 Å². The lowest BCUT2D eigenvalue weighted by molar-refractivity contribution is -0.147. The molecule has 1 fully saturated rings. The van der Waals surface area contributed by atoms with Crippen molar-refractivity contribution in [1.29, 1.82) is 0 Å². The van der Waals surface area contributed by atoms with Crippen molar-refractivity contribution in [1.82, 2.24) is 4.90 Å². The van der Waals surface area contributed by atoms with Gasteiger partial charge < -0.3 is 19.1 Å². The van der Waals surface area contributed by atoms with Crippen LogP contribution in [0, 0.1) is 5.92 Å². The average Bonchev–Trinajstić information content (AvgIpc) is 2.90. The lowest BCUT2D eigenvalue weighted by Gasteiger charge is -2.26. The molecule has 1 amide bonds. The van der Waals surface area contributed by atoms with E-state index in [0.717, 1.165) is 25.7 Å². The fourth-order valence-electron chi connectivity index (χ4n) is 2.62. The third-order valence-electron chi connectivity index (χ3n) is 4.05. The summed E-state index contributed by atoms with van der Waals surface area (Å²) < 4.78 is 16.6. The number of amides is 1. The average molecular weight is 341 g/mol. The Kier molecular flexibility index (Phi) is 8.23. The Balaban J connectivity index is 2.31. The molecule has 0 N–H and O–H groups in total. The standard InChI is InChI=1S/C19H35NO4/c1-7-16(15-20(6)17(21)24-18(2,3)4)11-9-8-10-12-19(5)22-13-14-23-19/h9,11,16H,7-8,10,12-15H2,1-6H3/b11-9+. The maximum atomic E-state index is 12.0. The molecule has 140 valence electrons. The molecule has 1 atom stereocenters. The van der Waals surface area contributed by atoms with Crippen LogP contribution in [-0.2, 0) is 14.2 Å². The van der Waals surface area contributed by atoms with Crippen molar-refractivity contribution in [2.24, 2.45) is 5.92 Å². The summed E-state index contributed by atoms with van der Waals surface area (Å²) in [5.41, 5.74) is -0.455. The monoisotopic (exact) mass is 341 g/mol. The molecule has 0 aromatic carbocycles. The summed E-state index contributed by atoms with van der Waals surface area (Å²) >= 11 is 0. The molecule has 1 heterocycles. The van der Waals surface area contributed by atoms with Crippen molar-refractivity contribution >= 4 is 6.09 Å². The zero-order valence-electron chi connectivity index (χ0n) is 16.3. The minimum Gasteiger partial charge on any atom is -0.444 e. The van der Waals surface area contributed by atoms with Gasteiger partial charge in [0.1, 0.15) is 5.60 Å². The number of unbranched alkanes of at least 4 members (excludes halogenated alkanes) is 1. The van der Waals surface area contributed by atoms with Gasteiger partial charge in [-0.15, -0.1) is 0 Å². The Bertz CT molecular complexity index is 408. The minimum absolute atomic E-state index is 0.266. The van der Waals surface area contributed by atoms with Crippen molar-refractivity contribution < 1.29 is 19.0 Å². The first kappa shape index (κ1) is 21.0. The van der Waals surface area contributed by atoms with Crippen LogP contribution in [0.25, 0.3) is 0 Å². The Morgan fingerprint density at radius 2 is 1.96 bits per heavy atom. The highest BCUT2D eigenvalue weighted by Gasteiger charge is 2.29. The molecule has 0 saturated carbocycles. The molecule has 0 bridgehead atoms. The van der Waals surface area contributed by atoms with Gasteiger partial charge >= 0.3 is 6.09 Å². The SMILES string of the molecule is CCC(/C=C/CCCC1(C)OCCO1)CN(C)C(=O)OC(C)(C)C. The number of carbonyl (C=O) groups excluding carboxylic acids is 1. The van der Waals surface area contributed by atoms with Crippen LogP contribution in [0.2, 0.25) is 0 Å². The van der Waals surface area contributed by atoms with Crippen molar-refractivity contribution in [3.63, 3.8) is 0 Å². The highest BCUT2D eigenvalue weighted by molar-refractivity contribution is 5.67. The van der Waals surface area contributed by atoms with Crippen LogP contribution >= 0.6 is 0 Å². The Morgan fingerprint density at radius 3 is 2.50 bits per heavy atom. The number of rotatable bonds is 8. The van der Waals surface area contributed by atoms with E-state index in [2.05, 4.69) is 19.1 Å². The molecule has 0 aromatic heterocycles. The zero-order chi connectivity index (χ0) is 18.2. The van der Waals surface area contributed by atoms with Gasteiger partial charge in [0.15, 0.2) is 5.79 Å². The molecule has 0 radical (unpaired) electrons. The van der Waals surface area contributed by atoms with Gasteiger partial charge in [-0.1, -0.05) is 19.1 Å². The number of ether oxygens (including phenoxy) is 3. The molecule has 0 aliphatic carbocycles. The van der Waals surface area contributed by atoms with E-state index in [1.54, 1.807) is 11.9 Å². The van der Waals surface area contributed by atoms with E-state index in [9.17, 15) is 4.79 Å². The fourth-order valence-corrected chi connectivity index (χ4v) is 2.62. The molecule has 0 spiro atoms. The maximum absolute atomic E-state index is 12.0. The molecule has 24 heavy (non-hydrogen) atoms. The molecular formula is C19H35NO4. The number of hydrogen-bond donors (Lipinski definition) is 0. The molecular weight excluding hydrogens is 306 g/mol. The Labute approximate surface area is 147 Å². The van der Waals surface area contributed by atoms with Gasteiger partial charge in [-0.05, 0) is 52.9 Å². The van der Waals surface area contributed by atoms with E-state index in [1.807, 2.05) is 27.7 Å². The van der Waals surface area contributed by atoms with Crippen molar-refractivity contribution in [3.8, 4) is 0 Å². The third kappa shape index (κ3) is 8.15. The molecule has 1 saturated heterocycles. The van der Waals surface area contributed by atoms with E-state index in [-0.39, 0.29) is 6.09 Å². The number of allylic oxidation sites excluding steroid dienone is 1. The third-order valence-corrected chi connectivity index (χ3v) is 4.05. The summed E-state index contributed by atoms with van der Waals surface area (Å²) in [6.45, 7) is 11.9. The second-order valence-corrected chi connectivity index (χ2v) is 7.68. The summed E-state index contributed by atoms with van der Waals surface area (Å²) in [5, 5.41) is 0. The molecule has 1 unspecified atom stereocenters. The molecule has 1 rings (SSSR count). The van der Waals surface area contributed by atoms with Crippen molar-refractivity contribution in [3.05, 3.63) is 12.2 Å². The smallest absolute Gasteiger partial charge is 0.410 e. The summed E-state index contributed by atoms with van der Waals surface area (Å²) in [5.74, 6) is -0.0494. The molecule has 5 heteroatoms. The van der Waals surface area contributed by atoms with Crippen LogP contribution in [0.15, 0.2) is 12.2 Å². The summed E-state index contributed by atoms with van der Waals surface area (Å²) in [4.78, 5) is 13.7. The predicted octanol–water partition coefficient (Wildman–Crippen LogP) is 4.37. The van der Waals surface area contributed by atoms with Gasteiger partial charge in [-0.25, -0.2) is 4.79 Å². The van der Waals surface area contributed by atoms with Crippen LogP contribution in [0.4, 0.5) is 4.79 Å². The van der Waals surface area contributed by atoms with E-state index >= 15 is 0 Å². The van der Waals surface area contributed by atoms with Crippen LogP contribution in [0.1, 0.15) is 60.3 Å². The largest absolute Gasteiger partial charge is 0.444 e. The van der Waals surface area contributed by atoms with Crippen LogP contribution in [0.3, 0.4) is 0 Å². The number of carbonyl (C=O) groups is 1. The first-order valence-electron chi connectivity index (χ1n) is 9.04. The van der Waals surface area contributed by atoms with Gasteiger partial charge in [0.2, 0.25) is 0 Å². The quantitative estimate of drug-likeness (QED) is 0.486. The van der Waals surface area contributed by atoms with Crippen molar-refractivity contribution in [2.75, 3.05) is 26.8 Å². The number of hydrogen-bond acceptors (Lipinski definition) is 4. The molecule has 0 aromatic rings. The lowest BCUT2D eigenvalue weighted by Crippen LogP contribution is -2.36. The van der Waals surface area contributed by atoms with E-state index < -0.39 is 11.4 Å². The second-order valence-electron chi connectivity index (χ2n) is 7.68. The highest BCUT2D eigenvalue weighted by atomic mass is 16.7. The van der Waals surface area contributed by atoms with Gasteiger partial charge in [-0.3, -0.25) is 0 Å². The fraction of sp³-hybridized carbons (Fsp3) is 0.842. The Morgan fingerprint density at radius 1 is 1.33 bits per heavy atom. The van der Waals surface area contributed by atoms with Gasteiger partial charge in [0.25, 0.3) is 0 Å². The van der Waals surface area contributed by atoms with Crippen LogP contribution in [-0.4, -0.2) is 49.2 Å². The molecule has 5 nitrogen and oxygen atoms in total. The summed E-state index contributed by atoms with van der Waals surface area (Å²) in [7, 11) is 1.79. The van der Waals surface area contributed by atoms with Crippen LogP contribution in [0.5, 0.6) is 0 Å². The normalized spacial score (nSPS) is 18.8. The lowest BCUT2D eigenvalue weighted by atomic mass is 10.0. The molecule has 1 aliphatic heterocycles. The first-order valence-corrected chi connectivity index (χ1v) is 9.04. The summed E-state index contributed by atoms with van der Waals surface area (Å²) in [6.07, 6.45) is 8.08. The van der Waals surface area contributed by atoms with Crippen LogP contribution < -0.4 is 0 Å². The second kappa shape index (κ2) is 9.42. The number of nitrogens with zero attached hydrogens (tertiary/aromatic N) is 1.